The fourth-order valence-electron chi connectivity index (χ4n) is 4.70. The van der Waals surface area contributed by atoms with Gasteiger partial charge in [-0.2, -0.15) is 0 Å². The van der Waals surface area contributed by atoms with Crippen molar-refractivity contribution in [2.45, 2.75) is 39.0 Å². The number of nitrogens with one attached hydrogen (secondary N) is 1. The number of ether oxygens (including phenoxy) is 1. The van der Waals surface area contributed by atoms with Gasteiger partial charge < -0.3 is 24.9 Å². The molecule has 0 aliphatic carbocycles. The quantitative estimate of drug-likeness (QED) is 0.190. The Morgan fingerprint density at radius 1 is 1.00 bits per heavy atom. The lowest BCUT2D eigenvalue weighted by atomic mass is 9.98. The van der Waals surface area contributed by atoms with Crippen LogP contribution in [0.2, 0.25) is 0 Å². The zero-order valence-corrected chi connectivity index (χ0v) is 23.6. The van der Waals surface area contributed by atoms with Crippen molar-refractivity contribution in [3.63, 3.8) is 0 Å². The summed E-state index contributed by atoms with van der Waals surface area (Å²) in [6, 6.07) is 20.0. The molecular weight excluding hydrogens is 518 g/mol. The molecule has 2 saturated heterocycles. The Hall–Kier alpha value is -2.94. The van der Waals surface area contributed by atoms with E-state index in [1.54, 1.807) is 0 Å². The molecule has 2 aliphatic heterocycles. The standard InChI is InChI=1S/C22H26N2O3.C8H15NO2.ClH/c25-22(26)20-13-7-14-24(17-20)15-8-16-27-23-21(18-9-3-1-4-10-18)19-11-5-2-6-12-19;1-2-11-8(10)7-4-3-5-9-6-7;/h1-6,9-12,20H,7-8,13-17H2,(H,25,26);7,9H,2-6H2,1H3;1H. The fraction of sp³-hybridized carbons (Fsp3) is 0.500. The summed E-state index contributed by atoms with van der Waals surface area (Å²) in [6.07, 6.45) is 4.62. The monoisotopic (exact) mass is 559 g/mol. The van der Waals surface area contributed by atoms with Crippen LogP contribution in [0.15, 0.2) is 65.8 Å². The summed E-state index contributed by atoms with van der Waals surface area (Å²) in [5.74, 6) is -0.861. The molecule has 0 aromatic heterocycles. The zero-order valence-electron chi connectivity index (χ0n) is 22.8. The van der Waals surface area contributed by atoms with Crippen molar-refractivity contribution in [3.8, 4) is 0 Å². The Morgan fingerprint density at radius 3 is 2.21 bits per heavy atom. The molecule has 2 aromatic rings. The molecule has 2 N–H and O–H groups in total. The summed E-state index contributed by atoms with van der Waals surface area (Å²) in [4.78, 5) is 30.1. The number of halogens is 1. The molecule has 2 fully saturated rings. The van der Waals surface area contributed by atoms with Gasteiger partial charge in [-0.1, -0.05) is 65.8 Å². The Labute approximate surface area is 238 Å². The van der Waals surface area contributed by atoms with Gasteiger partial charge in [-0.3, -0.25) is 9.59 Å². The average molecular weight is 560 g/mol. The lowest BCUT2D eigenvalue weighted by Crippen LogP contribution is -2.39. The van der Waals surface area contributed by atoms with Crippen LogP contribution < -0.4 is 5.32 Å². The molecule has 2 aliphatic rings. The summed E-state index contributed by atoms with van der Waals surface area (Å²) >= 11 is 0. The maximum absolute atomic E-state index is 11.2. The van der Waals surface area contributed by atoms with Crippen LogP contribution in [0.5, 0.6) is 0 Å². The van der Waals surface area contributed by atoms with Crippen molar-refractivity contribution in [1.82, 2.24) is 10.2 Å². The number of benzene rings is 2. The third-order valence-corrected chi connectivity index (χ3v) is 6.73. The Morgan fingerprint density at radius 2 is 1.64 bits per heavy atom. The van der Waals surface area contributed by atoms with Crippen LogP contribution in [-0.2, 0) is 19.2 Å². The number of carboxylic acid groups (broad SMARTS) is 1. The molecule has 2 aromatic carbocycles. The number of carbonyl (C=O) groups is 2. The molecule has 0 saturated carbocycles. The van der Waals surface area contributed by atoms with E-state index in [-0.39, 0.29) is 30.2 Å². The molecule has 2 unspecified atom stereocenters. The lowest BCUT2D eigenvalue weighted by Gasteiger charge is -2.30. The Kier molecular flexibility index (Phi) is 15.2. The highest BCUT2D eigenvalue weighted by Crippen LogP contribution is 2.17. The second-order valence-corrected chi connectivity index (χ2v) is 9.63. The number of esters is 1. The van der Waals surface area contributed by atoms with E-state index < -0.39 is 5.97 Å². The number of nitrogens with zero attached hydrogens (tertiary/aromatic N) is 2. The lowest BCUT2D eigenvalue weighted by molar-refractivity contribution is -0.148. The summed E-state index contributed by atoms with van der Waals surface area (Å²) in [5.41, 5.74) is 2.85. The van der Waals surface area contributed by atoms with Crippen molar-refractivity contribution in [2.24, 2.45) is 17.0 Å². The van der Waals surface area contributed by atoms with Crippen LogP contribution in [0.4, 0.5) is 0 Å². The van der Waals surface area contributed by atoms with Crippen LogP contribution in [0.3, 0.4) is 0 Å². The summed E-state index contributed by atoms with van der Waals surface area (Å²) in [7, 11) is 0. The highest BCUT2D eigenvalue weighted by atomic mass is 35.5. The normalized spacial score (nSPS) is 18.9. The number of carboxylic acids is 1. The van der Waals surface area contributed by atoms with E-state index in [1.807, 2.05) is 67.6 Å². The minimum Gasteiger partial charge on any atom is -0.481 e. The van der Waals surface area contributed by atoms with E-state index in [1.165, 1.54) is 0 Å². The molecule has 214 valence electrons. The van der Waals surface area contributed by atoms with E-state index in [2.05, 4.69) is 15.4 Å². The highest BCUT2D eigenvalue weighted by molar-refractivity contribution is 6.12. The highest BCUT2D eigenvalue weighted by Gasteiger charge is 2.25. The van der Waals surface area contributed by atoms with Gasteiger partial charge in [0.25, 0.3) is 0 Å². The van der Waals surface area contributed by atoms with Gasteiger partial charge in [-0.05, 0) is 52.1 Å². The van der Waals surface area contributed by atoms with Gasteiger partial charge in [-0.15, -0.1) is 12.4 Å². The molecule has 8 nitrogen and oxygen atoms in total. The smallest absolute Gasteiger partial charge is 0.310 e. The molecule has 0 spiro atoms. The molecule has 0 bridgehead atoms. The van der Waals surface area contributed by atoms with E-state index in [0.717, 1.165) is 75.1 Å². The van der Waals surface area contributed by atoms with Gasteiger partial charge in [0.2, 0.25) is 0 Å². The third kappa shape index (κ3) is 11.4. The number of piperidine rings is 2. The number of likely N-dealkylation sites (tertiary alicyclic amines) is 1. The maximum atomic E-state index is 11.2. The molecule has 2 heterocycles. The van der Waals surface area contributed by atoms with E-state index in [0.29, 0.717) is 19.8 Å². The van der Waals surface area contributed by atoms with Gasteiger partial charge in [0.05, 0.1) is 18.4 Å². The predicted molar refractivity (Wildman–Crippen MR) is 155 cm³/mol. The van der Waals surface area contributed by atoms with E-state index >= 15 is 0 Å². The first kappa shape index (κ1) is 32.3. The van der Waals surface area contributed by atoms with Crippen LogP contribution in [0, 0.1) is 11.8 Å². The van der Waals surface area contributed by atoms with Crippen molar-refractivity contribution >= 4 is 30.1 Å². The molecule has 9 heteroatoms. The Balaban J connectivity index is 0.000000375. The maximum Gasteiger partial charge on any atom is 0.310 e. The largest absolute Gasteiger partial charge is 0.481 e. The number of aliphatic carboxylic acids is 1. The van der Waals surface area contributed by atoms with Crippen molar-refractivity contribution in [1.29, 1.82) is 0 Å². The Bertz CT molecular complexity index is 959. The molecule has 4 rings (SSSR count). The van der Waals surface area contributed by atoms with Crippen LogP contribution in [0.25, 0.3) is 0 Å². The average Bonchev–Trinajstić information content (AvgIpc) is 2.97. The molecule has 2 atom stereocenters. The summed E-state index contributed by atoms with van der Waals surface area (Å²) in [6.45, 7) is 7.12. The van der Waals surface area contributed by atoms with Gasteiger partial charge in [0, 0.05) is 30.8 Å². The first-order chi connectivity index (χ1) is 18.6. The molecule has 39 heavy (non-hydrogen) atoms. The van der Waals surface area contributed by atoms with Crippen molar-refractivity contribution in [3.05, 3.63) is 71.8 Å². The summed E-state index contributed by atoms with van der Waals surface area (Å²) < 4.78 is 4.90. The van der Waals surface area contributed by atoms with Crippen LogP contribution in [0.1, 0.15) is 50.2 Å². The fourth-order valence-corrected chi connectivity index (χ4v) is 4.70. The van der Waals surface area contributed by atoms with Crippen molar-refractivity contribution in [2.75, 3.05) is 45.9 Å². The predicted octanol–water partition coefficient (Wildman–Crippen LogP) is 4.61. The number of carbonyl (C=O) groups excluding carboxylic acids is 1. The van der Waals surface area contributed by atoms with Crippen molar-refractivity contribution < 1.29 is 24.3 Å². The third-order valence-electron chi connectivity index (χ3n) is 6.73. The van der Waals surface area contributed by atoms with Gasteiger partial charge in [0.1, 0.15) is 12.3 Å². The molecular formula is C30H42ClN3O5. The second-order valence-electron chi connectivity index (χ2n) is 9.63. The van der Waals surface area contributed by atoms with E-state index in [9.17, 15) is 14.7 Å². The minimum atomic E-state index is -0.684. The van der Waals surface area contributed by atoms with E-state index in [4.69, 9.17) is 9.57 Å². The van der Waals surface area contributed by atoms with Gasteiger partial charge >= 0.3 is 11.9 Å². The second kappa shape index (κ2) is 18.4. The molecule has 0 amide bonds. The first-order valence-electron chi connectivity index (χ1n) is 13.7. The molecule has 0 radical (unpaired) electrons. The topological polar surface area (TPSA) is 100 Å². The van der Waals surface area contributed by atoms with Crippen LogP contribution >= 0.6 is 12.4 Å². The number of oxime groups is 1. The van der Waals surface area contributed by atoms with Gasteiger partial charge in [0.15, 0.2) is 0 Å². The SMILES string of the molecule is CCOC(=O)C1CCCNC1.Cl.O=C(O)C1CCCN(CCCON=C(c2ccccc2)c2ccccc2)C1. The van der Waals surface area contributed by atoms with Gasteiger partial charge in [-0.25, -0.2) is 0 Å². The summed E-state index contributed by atoms with van der Waals surface area (Å²) in [5, 5.41) is 16.7. The number of hydrogen-bond acceptors (Lipinski definition) is 7. The number of hydrogen-bond donors (Lipinski definition) is 2. The minimum absolute atomic E-state index is 0. The number of rotatable bonds is 10. The zero-order chi connectivity index (χ0) is 27.0. The first-order valence-corrected chi connectivity index (χ1v) is 13.7. The van der Waals surface area contributed by atoms with Crippen LogP contribution in [-0.4, -0.2) is 73.6 Å².